The van der Waals surface area contributed by atoms with Crippen molar-refractivity contribution in [3.05, 3.63) is 51.5 Å². The molecule has 0 aliphatic heterocycles. The van der Waals surface area contributed by atoms with Gasteiger partial charge < -0.3 is 15.4 Å². The number of amides is 1. The fourth-order valence-corrected chi connectivity index (χ4v) is 2.58. The van der Waals surface area contributed by atoms with E-state index >= 15 is 0 Å². The predicted octanol–water partition coefficient (Wildman–Crippen LogP) is 5.87. The third-order valence-electron chi connectivity index (χ3n) is 3.50. The highest BCUT2D eigenvalue weighted by atomic mass is 35.5. The third kappa shape index (κ3) is 5.99. The summed E-state index contributed by atoms with van der Waals surface area (Å²) >= 11 is 17.9. The van der Waals surface area contributed by atoms with Crippen LogP contribution in [0, 0.1) is 0 Å². The highest BCUT2D eigenvalue weighted by Gasteiger charge is 2.08. The molecular formula is C18H19Cl3N2O2. The highest BCUT2D eigenvalue weighted by Crippen LogP contribution is 2.32. The van der Waals surface area contributed by atoms with E-state index in [1.165, 1.54) is 6.07 Å². The number of anilines is 2. The summed E-state index contributed by atoms with van der Waals surface area (Å²) in [6.45, 7) is 4.12. The zero-order chi connectivity index (χ0) is 18.4. The van der Waals surface area contributed by atoms with Gasteiger partial charge in [0.25, 0.3) is 0 Å². The summed E-state index contributed by atoms with van der Waals surface area (Å²) in [5.41, 5.74) is 1.23. The van der Waals surface area contributed by atoms with Crippen LogP contribution in [-0.2, 0) is 4.79 Å². The number of hydrogen-bond acceptors (Lipinski definition) is 3. The fraction of sp³-hybridized carbons (Fsp3) is 0.278. The molecule has 7 heteroatoms. The number of carbonyl (C=O) groups excluding carboxylic acids is 1. The van der Waals surface area contributed by atoms with Crippen LogP contribution in [0.5, 0.6) is 5.75 Å². The zero-order valence-corrected chi connectivity index (χ0v) is 16.2. The first-order chi connectivity index (χ1) is 11.9. The molecule has 0 saturated carbocycles. The van der Waals surface area contributed by atoms with Crippen molar-refractivity contribution in [1.29, 1.82) is 0 Å². The number of carbonyl (C=O) groups is 1. The van der Waals surface area contributed by atoms with Crippen LogP contribution >= 0.6 is 34.8 Å². The lowest BCUT2D eigenvalue weighted by molar-refractivity contribution is -0.114. The molecule has 1 amide bonds. The van der Waals surface area contributed by atoms with Crippen LogP contribution in [0.25, 0.3) is 0 Å². The summed E-state index contributed by atoms with van der Waals surface area (Å²) in [7, 11) is 0. The van der Waals surface area contributed by atoms with Crippen LogP contribution in [0.1, 0.15) is 20.3 Å². The van der Waals surface area contributed by atoms with E-state index in [0.717, 1.165) is 12.2 Å². The first kappa shape index (κ1) is 19.7. The molecule has 0 heterocycles. The lowest BCUT2D eigenvalue weighted by Gasteiger charge is -2.13. The molecule has 2 N–H and O–H groups in total. The van der Waals surface area contributed by atoms with Gasteiger partial charge in [0, 0.05) is 5.69 Å². The average molecular weight is 402 g/mol. The molecule has 0 spiro atoms. The Morgan fingerprint density at radius 2 is 1.72 bits per heavy atom. The van der Waals surface area contributed by atoms with Crippen LogP contribution in [0.3, 0.4) is 0 Å². The maximum atomic E-state index is 12.1. The lowest BCUT2D eigenvalue weighted by atomic mass is 10.2. The van der Waals surface area contributed by atoms with Gasteiger partial charge in [-0.1, -0.05) is 41.7 Å². The minimum atomic E-state index is -0.210. The van der Waals surface area contributed by atoms with Crippen molar-refractivity contribution in [3.8, 4) is 5.75 Å². The Balaban J connectivity index is 1.89. The van der Waals surface area contributed by atoms with Gasteiger partial charge in [0.1, 0.15) is 5.75 Å². The number of ether oxygens (including phenoxy) is 1. The number of rotatable bonds is 7. The number of nitrogens with one attached hydrogen (secondary N) is 2. The first-order valence-corrected chi connectivity index (χ1v) is 8.97. The van der Waals surface area contributed by atoms with Gasteiger partial charge in [-0.3, -0.25) is 4.79 Å². The number of benzene rings is 2. The van der Waals surface area contributed by atoms with Crippen molar-refractivity contribution < 1.29 is 9.53 Å². The molecular weight excluding hydrogens is 383 g/mol. The molecule has 2 rings (SSSR count). The zero-order valence-electron chi connectivity index (χ0n) is 13.9. The number of halogens is 3. The molecule has 0 aliphatic carbocycles. The molecule has 0 aliphatic rings. The Morgan fingerprint density at radius 3 is 2.36 bits per heavy atom. The summed E-state index contributed by atoms with van der Waals surface area (Å²) in [5.74, 6) is 0.561. The Hall–Kier alpha value is -1.62. The van der Waals surface area contributed by atoms with E-state index in [1.54, 1.807) is 18.2 Å². The van der Waals surface area contributed by atoms with Gasteiger partial charge in [-0.2, -0.15) is 0 Å². The molecule has 1 unspecified atom stereocenters. The fourth-order valence-electron chi connectivity index (χ4n) is 1.97. The molecule has 25 heavy (non-hydrogen) atoms. The third-order valence-corrected chi connectivity index (χ3v) is 4.53. The monoisotopic (exact) mass is 400 g/mol. The van der Waals surface area contributed by atoms with Crippen molar-refractivity contribution in [2.75, 3.05) is 17.2 Å². The summed E-state index contributed by atoms with van der Waals surface area (Å²) < 4.78 is 5.70. The Morgan fingerprint density at radius 1 is 1.08 bits per heavy atom. The summed E-state index contributed by atoms with van der Waals surface area (Å²) in [5, 5.41) is 6.85. The molecule has 2 aromatic carbocycles. The van der Waals surface area contributed by atoms with Crippen LogP contribution in [0.15, 0.2) is 36.4 Å². The largest absolute Gasteiger partial charge is 0.491 e. The Kier molecular flexibility index (Phi) is 7.24. The maximum absolute atomic E-state index is 12.1. The minimum absolute atomic E-state index is 0.0444. The smallest absolute Gasteiger partial charge is 0.243 e. The van der Waals surface area contributed by atoms with Gasteiger partial charge in [0.15, 0.2) is 0 Å². The SMILES string of the molecule is CCC(C)Oc1ccc(NC(=O)CNc2cc(Cl)c(Cl)cc2Cl)cc1. The molecule has 0 bridgehead atoms. The van der Waals surface area contributed by atoms with Crippen LogP contribution < -0.4 is 15.4 Å². The van der Waals surface area contributed by atoms with E-state index < -0.39 is 0 Å². The quantitative estimate of drug-likeness (QED) is 0.570. The van der Waals surface area contributed by atoms with Crippen molar-refractivity contribution in [2.24, 2.45) is 0 Å². The van der Waals surface area contributed by atoms with Gasteiger partial charge >= 0.3 is 0 Å². The van der Waals surface area contributed by atoms with Gasteiger partial charge in [-0.25, -0.2) is 0 Å². The molecule has 0 fully saturated rings. The second-order valence-corrected chi connectivity index (χ2v) is 6.73. The van der Waals surface area contributed by atoms with E-state index in [0.29, 0.717) is 26.4 Å². The van der Waals surface area contributed by atoms with Crippen molar-refractivity contribution in [2.45, 2.75) is 26.4 Å². The molecule has 1 atom stereocenters. The van der Waals surface area contributed by atoms with Gasteiger partial charge in [-0.05, 0) is 49.7 Å². The molecule has 134 valence electrons. The van der Waals surface area contributed by atoms with E-state index in [-0.39, 0.29) is 18.6 Å². The second kappa shape index (κ2) is 9.18. The average Bonchev–Trinajstić information content (AvgIpc) is 2.58. The van der Waals surface area contributed by atoms with Gasteiger partial charge in [-0.15, -0.1) is 0 Å². The maximum Gasteiger partial charge on any atom is 0.243 e. The highest BCUT2D eigenvalue weighted by molar-refractivity contribution is 6.44. The van der Waals surface area contributed by atoms with Crippen molar-refractivity contribution >= 4 is 52.1 Å². The molecule has 0 aromatic heterocycles. The molecule has 2 aromatic rings. The normalized spacial score (nSPS) is 11.7. The van der Waals surface area contributed by atoms with Gasteiger partial charge in [0.2, 0.25) is 5.91 Å². The van der Waals surface area contributed by atoms with Crippen molar-refractivity contribution in [1.82, 2.24) is 0 Å². The predicted molar refractivity (Wildman–Crippen MR) is 105 cm³/mol. The summed E-state index contributed by atoms with van der Waals surface area (Å²) in [6.07, 6.45) is 1.09. The van der Waals surface area contributed by atoms with E-state index in [2.05, 4.69) is 17.6 Å². The molecule has 4 nitrogen and oxygen atoms in total. The standard InChI is InChI=1S/C18H19Cl3N2O2/c1-3-11(2)25-13-6-4-12(5-7-13)23-18(24)10-22-17-9-15(20)14(19)8-16(17)21/h4-9,11,22H,3,10H2,1-2H3,(H,23,24). The van der Waals surface area contributed by atoms with E-state index in [4.69, 9.17) is 39.5 Å². The van der Waals surface area contributed by atoms with Crippen molar-refractivity contribution in [3.63, 3.8) is 0 Å². The first-order valence-electron chi connectivity index (χ1n) is 7.84. The van der Waals surface area contributed by atoms with Crippen LogP contribution in [-0.4, -0.2) is 18.6 Å². The lowest BCUT2D eigenvalue weighted by Crippen LogP contribution is -2.21. The van der Waals surface area contributed by atoms with Crippen LogP contribution in [0.4, 0.5) is 11.4 Å². The molecule has 0 saturated heterocycles. The topological polar surface area (TPSA) is 50.4 Å². The molecule has 0 radical (unpaired) electrons. The Labute approximate surface area is 162 Å². The van der Waals surface area contributed by atoms with E-state index in [1.807, 2.05) is 19.1 Å². The van der Waals surface area contributed by atoms with Crippen LogP contribution in [0.2, 0.25) is 15.1 Å². The summed E-state index contributed by atoms with van der Waals surface area (Å²) in [6, 6.07) is 10.3. The minimum Gasteiger partial charge on any atom is -0.491 e. The van der Waals surface area contributed by atoms with Gasteiger partial charge in [0.05, 0.1) is 33.4 Å². The number of hydrogen-bond donors (Lipinski definition) is 2. The second-order valence-electron chi connectivity index (χ2n) is 5.51. The van der Waals surface area contributed by atoms with E-state index in [9.17, 15) is 4.79 Å². The summed E-state index contributed by atoms with van der Waals surface area (Å²) in [4.78, 5) is 12.1. The Bertz CT molecular complexity index is 736.